The lowest BCUT2D eigenvalue weighted by Gasteiger charge is -2.41. The molecule has 9 nitrogen and oxygen atoms in total. The van der Waals surface area contributed by atoms with Crippen molar-refractivity contribution >= 4 is 34.6 Å². The van der Waals surface area contributed by atoms with Gasteiger partial charge in [0.25, 0.3) is 0 Å². The van der Waals surface area contributed by atoms with E-state index in [1.807, 2.05) is 33.8 Å². The minimum atomic E-state index is -1.29. The maximum atomic E-state index is 15.7. The predicted molar refractivity (Wildman–Crippen MR) is 148 cm³/mol. The maximum absolute atomic E-state index is 15.7. The second kappa shape index (κ2) is 10.4. The van der Waals surface area contributed by atoms with Crippen LogP contribution in [0.4, 0.5) is 19.7 Å². The molecule has 1 aromatic heterocycles. The van der Waals surface area contributed by atoms with E-state index in [9.17, 15) is 14.4 Å². The van der Waals surface area contributed by atoms with E-state index in [1.54, 1.807) is 9.80 Å². The molecule has 0 atom stereocenters. The third-order valence-electron chi connectivity index (χ3n) is 8.15. The maximum Gasteiger partial charge on any atom is 0.410 e. The lowest BCUT2D eigenvalue weighted by molar-refractivity contribution is -0.120. The Morgan fingerprint density at radius 1 is 1.10 bits per heavy atom. The Morgan fingerprint density at radius 2 is 1.79 bits per heavy atom. The molecule has 3 saturated heterocycles. The van der Waals surface area contributed by atoms with Crippen LogP contribution in [0.5, 0.6) is 0 Å². The number of aryl methyl sites for hydroxylation is 1. The van der Waals surface area contributed by atoms with Gasteiger partial charge in [0.2, 0.25) is 5.91 Å². The molecule has 212 valence electrons. The van der Waals surface area contributed by atoms with Crippen LogP contribution in [-0.4, -0.2) is 82.9 Å². The Bertz CT molecular complexity index is 1250. The van der Waals surface area contributed by atoms with Crippen LogP contribution in [0, 0.1) is 6.92 Å². The van der Waals surface area contributed by atoms with E-state index in [-0.39, 0.29) is 18.0 Å². The first kappa shape index (κ1) is 27.4. The zero-order valence-electron chi connectivity index (χ0n) is 23.5. The van der Waals surface area contributed by atoms with Crippen molar-refractivity contribution in [2.45, 2.75) is 77.1 Å². The van der Waals surface area contributed by atoms with E-state index < -0.39 is 11.3 Å². The largest absolute Gasteiger partial charge is 0.444 e. The molecular formula is C29H40FN5O4. The number of amides is 4. The van der Waals surface area contributed by atoms with Gasteiger partial charge in [-0.25, -0.2) is 14.0 Å². The number of nitrogens with one attached hydrogen (secondary N) is 1. The van der Waals surface area contributed by atoms with Gasteiger partial charge >= 0.3 is 12.1 Å². The highest BCUT2D eigenvalue weighted by molar-refractivity contribution is 6.06. The summed E-state index contributed by atoms with van der Waals surface area (Å²) in [4.78, 5) is 41.7. The summed E-state index contributed by atoms with van der Waals surface area (Å²) >= 11 is 0. The fourth-order valence-electron chi connectivity index (χ4n) is 6.03. The third kappa shape index (κ3) is 6.05. The number of carbonyl (C=O) groups excluding carboxylic acids is 3. The average molecular weight is 542 g/mol. The number of carbonyl (C=O) groups is 3. The summed E-state index contributed by atoms with van der Waals surface area (Å²) in [5, 5.41) is 3.46. The van der Waals surface area contributed by atoms with E-state index in [2.05, 4.69) is 33.1 Å². The van der Waals surface area contributed by atoms with Crippen molar-refractivity contribution in [2.75, 3.05) is 44.2 Å². The summed E-state index contributed by atoms with van der Waals surface area (Å²) in [6.07, 6.45) is 4.57. The minimum absolute atomic E-state index is 0.239. The SMILES string of the molecule is Cc1cc2c(ccn2C2CCN(CC3(F)CCN(C(=O)OC(C)(C)C)CC3)CC2)cc1N1CCC(=O)NC1=O. The van der Waals surface area contributed by atoms with E-state index in [4.69, 9.17) is 4.74 Å². The molecule has 10 heteroatoms. The summed E-state index contributed by atoms with van der Waals surface area (Å²) in [6.45, 7) is 10.7. The third-order valence-corrected chi connectivity index (χ3v) is 8.15. The quantitative estimate of drug-likeness (QED) is 0.603. The molecule has 0 aliphatic carbocycles. The molecule has 2 aromatic rings. The molecule has 0 spiro atoms. The fraction of sp³-hybridized carbons (Fsp3) is 0.621. The number of anilines is 1. The van der Waals surface area contributed by atoms with Crippen LogP contribution in [0.1, 0.15) is 64.5 Å². The Kier molecular flexibility index (Phi) is 7.35. The van der Waals surface area contributed by atoms with Crippen molar-refractivity contribution in [2.24, 2.45) is 0 Å². The van der Waals surface area contributed by atoms with Crippen molar-refractivity contribution in [1.82, 2.24) is 19.7 Å². The summed E-state index contributed by atoms with van der Waals surface area (Å²) in [5.41, 5.74) is 1.10. The summed E-state index contributed by atoms with van der Waals surface area (Å²) in [6, 6.07) is 6.18. The number of nitrogens with zero attached hydrogens (tertiary/aromatic N) is 4. The van der Waals surface area contributed by atoms with E-state index in [0.29, 0.717) is 51.5 Å². The second-order valence-corrected chi connectivity index (χ2v) is 12.3. The number of hydrogen-bond acceptors (Lipinski definition) is 5. The number of imide groups is 1. The Labute approximate surface area is 229 Å². The molecule has 4 heterocycles. The number of fused-ring (bicyclic) bond motifs is 1. The molecule has 1 N–H and O–H groups in total. The fourth-order valence-corrected chi connectivity index (χ4v) is 6.03. The van der Waals surface area contributed by atoms with Crippen LogP contribution in [0.2, 0.25) is 0 Å². The number of hydrogen-bond donors (Lipinski definition) is 1. The number of likely N-dealkylation sites (tertiary alicyclic amines) is 2. The predicted octanol–water partition coefficient (Wildman–Crippen LogP) is 4.77. The van der Waals surface area contributed by atoms with Crippen molar-refractivity contribution < 1.29 is 23.5 Å². The molecule has 1 aromatic carbocycles. The average Bonchev–Trinajstić information content (AvgIpc) is 3.26. The molecule has 39 heavy (non-hydrogen) atoms. The number of benzene rings is 1. The topological polar surface area (TPSA) is 87.1 Å². The van der Waals surface area contributed by atoms with E-state index >= 15 is 4.39 Å². The number of rotatable bonds is 4. The van der Waals surface area contributed by atoms with Gasteiger partial charge in [0, 0.05) is 87.4 Å². The Morgan fingerprint density at radius 3 is 2.44 bits per heavy atom. The number of halogens is 1. The first-order valence-electron chi connectivity index (χ1n) is 14.0. The van der Waals surface area contributed by atoms with Crippen LogP contribution in [-0.2, 0) is 9.53 Å². The zero-order chi connectivity index (χ0) is 27.9. The van der Waals surface area contributed by atoms with Gasteiger partial charge in [-0.15, -0.1) is 0 Å². The number of urea groups is 1. The van der Waals surface area contributed by atoms with Gasteiger partial charge in [-0.2, -0.15) is 0 Å². The van der Waals surface area contributed by atoms with Gasteiger partial charge in [-0.3, -0.25) is 15.0 Å². The number of ether oxygens (including phenoxy) is 1. The smallest absolute Gasteiger partial charge is 0.410 e. The van der Waals surface area contributed by atoms with Gasteiger partial charge in [0.05, 0.1) is 0 Å². The van der Waals surface area contributed by atoms with Gasteiger partial charge in [0.15, 0.2) is 0 Å². The molecule has 3 aliphatic rings. The molecule has 0 bridgehead atoms. The van der Waals surface area contributed by atoms with Gasteiger partial charge < -0.3 is 19.1 Å². The number of piperidine rings is 2. The van der Waals surface area contributed by atoms with Gasteiger partial charge in [0.1, 0.15) is 11.3 Å². The van der Waals surface area contributed by atoms with Crippen molar-refractivity contribution in [3.8, 4) is 0 Å². The highest BCUT2D eigenvalue weighted by Crippen LogP contribution is 2.34. The molecule has 3 fully saturated rings. The standard InChI is InChI=1S/C29H40FN5O4/c1-20-17-24-21(18-23(20)35-14-8-25(36)31-26(35)37)5-13-34(24)22-6-11-32(12-7-22)19-29(30)9-15-33(16-10-29)27(38)39-28(2,3)4/h5,13,17-18,22H,6-12,14-16,19H2,1-4H3,(H,31,36,37). The molecule has 3 aliphatic heterocycles. The van der Waals surface area contributed by atoms with Crippen LogP contribution in [0.3, 0.4) is 0 Å². The van der Waals surface area contributed by atoms with Crippen molar-refractivity contribution in [3.05, 3.63) is 30.0 Å². The molecule has 0 unspecified atom stereocenters. The zero-order valence-corrected chi connectivity index (χ0v) is 23.5. The molecule has 4 amide bonds. The highest BCUT2D eigenvalue weighted by atomic mass is 19.1. The Balaban J connectivity index is 1.17. The van der Waals surface area contributed by atoms with Crippen LogP contribution in [0.25, 0.3) is 10.9 Å². The molecule has 5 rings (SSSR count). The van der Waals surface area contributed by atoms with E-state index in [0.717, 1.165) is 48.1 Å². The lowest BCUT2D eigenvalue weighted by atomic mass is 9.91. The first-order valence-corrected chi connectivity index (χ1v) is 14.0. The molecule has 0 saturated carbocycles. The van der Waals surface area contributed by atoms with Crippen LogP contribution in [0.15, 0.2) is 24.4 Å². The molecule has 0 radical (unpaired) electrons. The normalized spacial score (nSPS) is 21.4. The van der Waals surface area contributed by atoms with E-state index in [1.165, 1.54) is 0 Å². The molecular weight excluding hydrogens is 501 g/mol. The number of alkyl halides is 1. The van der Waals surface area contributed by atoms with Crippen molar-refractivity contribution in [3.63, 3.8) is 0 Å². The van der Waals surface area contributed by atoms with Gasteiger partial charge in [-0.05, 0) is 64.3 Å². The second-order valence-electron chi connectivity index (χ2n) is 12.3. The lowest BCUT2D eigenvalue weighted by Crippen LogP contribution is -2.51. The minimum Gasteiger partial charge on any atom is -0.444 e. The van der Waals surface area contributed by atoms with Gasteiger partial charge in [-0.1, -0.05) is 0 Å². The van der Waals surface area contributed by atoms with Crippen molar-refractivity contribution in [1.29, 1.82) is 0 Å². The monoisotopic (exact) mass is 541 g/mol. The number of aromatic nitrogens is 1. The first-order chi connectivity index (χ1) is 18.4. The summed E-state index contributed by atoms with van der Waals surface area (Å²) in [5.74, 6) is -0.239. The summed E-state index contributed by atoms with van der Waals surface area (Å²) in [7, 11) is 0. The van der Waals surface area contributed by atoms with Crippen LogP contribution < -0.4 is 10.2 Å². The highest BCUT2D eigenvalue weighted by Gasteiger charge is 2.39. The Hall–Kier alpha value is -3.14. The van der Waals surface area contributed by atoms with Crippen LogP contribution >= 0.6 is 0 Å². The summed E-state index contributed by atoms with van der Waals surface area (Å²) < 4.78 is 23.5.